The number of nitro benzene ring substituents is 1. The highest BCUT2D eigenvalue weighted by atomic mass is 16.6. The van der Waals surface area contributed by atoms with Crippen LogP contribution in [-0.4, -0.2) is 24.5 Å². The fourth-order valence-corrected chi connectivity index (χ4v) is 3.25. The van der Waals surface area contributed by atoms with Gasteiger partial charge in [0.15, 0.2) is 11.5 Å². The minimum atomic E-state index is -0.584. The first-order chi connectivity index (χ1) is 12.5. The molecule has 1 aliphatic carbocycles. The van der Waals surface area contributed by atoms with E-state index in [1.807, 2.05) is 24.3 Å². The van der Waals surface area contributed by atoms with Crippen molar-refractivity contribution in [2.75, 3.05) is 13.7 Å². The molecule has 26 heavy (non-hydrogen) atoms. The van der Waals surface area contributed by atoms with Gasteiger partial charge >= 0.3 is 0 Å². The molecule has 0 radical (unpaired) electrons. The Labute approximate surface area is 151 Å². The van der Waals surface area contributed by atoms with E-state index in [2.05, 4.69) is 5.32 Å². The molecule has 0 fully saturated rings. The van der Waals surface area contributed by atoms with Crippen LogP contribution in [-0.2, 0) is 6.42 Å². The Bertz CT molecular complexity index is 850. The van der Waals surface area contributed by atoms with Crippen LogP contribution in [0.5, 0.6) is 11.5 Å². The van der Waals surface area contributed by atoms with Gasteiger partial charge in [0.25, 0.3) is 11.6 Å². The quantitative estimate of drug-likeness (QED) is 0.632. The summed E-state index contributed by atoms with van der Waals surface area (Å²) >= 11 is 0. The maximum Gasteiger partial charge on any atom is 0.286 e. The summed E-state index contributed by atoms with van der Waals surface area (Å²) < 4.78 is 10.6. The molecule has 0 unspecified atom stereocenters. The number of nitrogens with one attached hydrogen (secondary N) is 1. The van der Waals surface area contributed by atoms with E-state index >= 15 is 0 Å². The average molecular weight is 356 g/mol. The van der Waals surface area contributed by atoms with Gasteiger partial charge in [0.05, 0.1) is 30.7 Å². The molecule has 2 aromatic rings. The predicted octanol–water partition coefficient (Wildman–Crippen LogP) is 3.42. The van der Waals surface area contributed by atoms with Crippen molar-refractivity contribution in [3.63, 3.8) is 0 Å². The van der Waals surface area contributed by atoms with Crippen LogP contribution in [0.4, 0.5) is 5.69 Å². The standard InChI is InChI=1S/C19H20N2O5/c1-3-26-18-11-16(21(23)24)14(10-17(18)25-2)19(22)20-15-9-8-12-6-4-5-7-13(12)15/h4-7,10-11,15H,3,8-9H2,1-2H3,(H,20,22)/t15-/m0/s1. The summed E-state index contributed by atoms with van der Waals surface area (Å²) in [5.74, 6) is 0.0265. The van der Waals surface area contributed by atoms with Gasteiger partial charge in [-0.1, -0.05) is 24.3 Å². The highest BCUT2D eigenvalue weighted by Crippen LogP contribution is 2.36. The molecule has 1 atom stereocenters. The van der Waals surface area contributed by atoms with Crippen LogP contribution < -0.4 is 14.8 Å². The van der Waals surface area contributed by atoms with E-state index in [1.165, 1.54) is 24.8 Å². The lowest BCUT2D eigenvalue weighted by molar-refractivity contribution is -0.385. The highest BCUT2D eigenvalue weighted by Gasteiger charge is 2.29. The Morgan fingerprint density at radius 2 is 2.08 bits per heavy atom. The number of nitrogens with zero attached hydrogens (tertiary/aromatic N) is 1. The van der Waals surface area contributed by atoms with Gasteiger partial charge in [0, 0.05) is 6.07 Å². The lowest BCUT2D eigenvalue weighted by atomic mass is 10.1. The summed E-state index contributed by atoms with van der Waals surface area (Å²) in [5, 5.41) is 14.4. The number of nitro groups is 1. The second-order valence-corrected chi connectivity index (χ2v) is 5.97. The maximum atomic E-state index is 12.8. The summed E-state index contributed by atoms with van der Waals surface area (Å²) in [4.78, 5) is 23.6. The van der Waals surface area contributed by atoms with Gasteiger partial charge in [-0.2, -0.15) is 0 Å². The van der Waals surface area contributed by atoms with E-state index in [1.54, 1.807) is 6.92 Å². The zero-order valence-electron chi connectivity index (χ0n) is 14.7. The van der Waals surface area contributed by atoms with Crippen molar-refractivity contribution >= 4 is 11.6 Å². The third kappa shape index (κ3) is 3.33. The van der Waals surface area contributed by atoms with Crippen molar-refractivity contribution in [2.45, 2.75) is 25.8 Å². The minimum absolute atomic E-state index is 0.0420. The number of fused-ring (bicyclic) bond motifs is 1. The van der Waals surface area contributed by atoms with E-state index in [9.17, 15) is 14.9 Å². The maximum absolute atomic E-state index is 12.8. The number of hydrogen-bond acceptors (Lipinski definition) is 5. The minimum Gasteiger partial charge on any atom is -0.493 e. The van der Waals surface area contributed by atoms with Gasteiger partial charge in [-0.05, 0) is 30.9 Å². The molecule has 0 heterocycles. The van der Waals surface area contributed by atoms with Crippen molar-refractivity contribution in [1.29, 1.82) is 0 Å². The molecule has 0 saturated heterocycles. The third-order valence-electron chi connectivity index (χ3n) is 4.46. The zero-order valence-corrected chi connectivity index (χ0v) is 14.7. The van der Waals surface area contributed by atoms with Crippen LogP contribution in [0.25, 0.3) is 0 Å². The van der Waals surface area contributed by atoms with Crippen LogP contribution >= 0.6 is 0 Å². The Morgan fingerprint density at radius 3 is 2.77 bits per heavy atom. The van der Waals surface area contributed by atoms with Crippen LogP contribution in [0.3, 0.4) is 0 Å². The van der Waals surface area contributed by atoms with Gasteiger partial charge in [-0.3, -0.25) is 14.9 Å². The summed E-state index contributed by atoms with van der Waals surface area (Å²) in [5.41, 5.74) is 1.90. The molecule has 7 nitrogen and oxygen atoms in total. The average Bonchev–Trinajstić information content (AvgIpc) is 3.04. The normalized spacial score (nSPS) is 15.2. The number of carbonyl (C=O) groups excluding carboxylic acids is 1. The van der Waals surface area contributed by atoms with Crippen LogP contribution in [0.2, 0.25) is 0 Å². The van der Waals surface area contributed by atoms with Crippen molar-refractivity contribution in [1.82, 2.24) is 5.32 Å². The molecule has 136 valence electrons. The van der Waals surface area contributed by atoms with Crippen LogP contribution in [0.1, 0.15) is 40.9 Å². The Morgan fingerprint density at radius 1 is 1.31 bits per heavy atom. The van der Waals surface area contributed by atoms with Crippen LogP contribution in [0.15, 0.2) is 36.4 Å². The van der Waals surface area contributed by atoms with Crippen molar-refractivity contribution in [2.24, 2.45) is 0 Å². The summed E-state index contributed by atoms with van der Waals surface area (Å²) in [6.07, 6.45) is 1.64. The third-order valence-corrected chi connectivity index (χ3v) is 4.46. The summed E-state index contributed by atoms with van der Waals surface area (Å²) in [6, 6.07) is 10.3. The first-order valence-corrected chi connectivity index (χ1v) is 8.43. The van der Waals surface area contributed by atoms with Gasteiger partial charge < -0.3 is 14.8 Å². The molecule has 0 aliphatic heterocycles. The van der Waals surface area contributed by atoms with E-state index in [-0.39, 0.29) is 28.8 Å². The van der Waals surface area contributed by atoms with E-state index in [4.69, 9.17) is 9.47 Å². The molecule has 0 saturated carbocycles. The number of methoxy groups -OCH3 is 1. The molecule has 0 bridgehead atoms. The van der Waals surface area contributed by atoms with Crippen LogP contribution in [0, 0.1) is 10.1 Å². The Hall–Kier alpha value is -3.09. The molecule has 1 aliphatic rings. The first kappa shape index (κ1) is 17.7. The number of rotatable bonds is 6. The van der Waals surface area contributed by atoms with Gasteiger partial charge in [0.1, 0.15) is 5.56 Å². The fraction of sp³-hybridized carbons (Fsp3) is 0.316. The number of amides is 1. The second-order valence-electron chi connectivity index (χ2n) is 5.97. The number of carbonyl (C=O) groups is 1. The SMILES string of the molecule is CCOc1cc([N+](=O)[O-])c(C(=O)N[C@H]2CCc3ccccc32)cc1OC. The van der Waals surface area contributed by atoms with Crippen molar-refractivity contribution in [3.8, 4) is 11.5 Å². The molecule has 0 spiro atoms. The second kappa shape index (κ2) is 7.43. The largest absolute Gasteiger partial charge is 0.493 e. The molecule has 3 rings (SSSR count). The fourth-order valence-electron chi connectivity index (χ4n) is 3.25. The summed E-state index contributed by atoms with van der Waals surface area (Å²) in [6.45, 7) is 2.10. The van der Waals surface area contributed by atoms with Gasteiger partial charge in [-0.25, -0.2) is 0 Å². The number of hydrogen-bond donors (Lipinski definition) is 1. The molecule has 1 N–H and O–H groups in total. The van der Waals surface area contributed by atoms with Crippen molar-refractivity contribution < 1.29 is 19.2 Å². The monoisotopic (exact) mass is 356 g/mol. The first-order valence-electron chi connectivity index (χ1n) is 8.43. The highest BCUT2D eigenvalue weighted by molar-refractivity contribution is 5.99. The lowest BCUT2D eigenvalue weighted by Crippen LogP contribution is -2.27. The number of ether oxygens (including phenoxy) is 2. The zero-order chi connectivity index (χ0) is 18.7. The van der Waals surface area contributed by atoms with Gasteiger partial charge in [-0.15, -0.1) is 0 Å². The molecule has 7 heteroatoms. The Kier molecular flexibility index (Phi) is 5.06. The molecule has 1 amide bonds. The number of benzene rings is 2. The summed E-state index contributed by atoms with van der Waals surface area (Å²) in [7, 11) is 1.43. The van der Waals surface area contributed by atoms with Gasteiger partial charge in [0.2, 0.25) is 0 Å². The topological polar surface area (TPSA) is 90.7 Å². The Balaban J connectivity index is 1.92. The molecule has 0 aromatic heterocycles. The molecular formula is C19H20N2O5. The smallest absolute Gasteiger partial charge is 0.286 e. The lowest BCUT2D eigenvalue weighted by Gasteiger charge is -2.16. The number of aryl methyl sites for hydroxylation is 1. The van der Waals surface area contributed by atoms with Crippen molar-refractivity contribution in [3.05, 3.63) is 63.2 Å². The van der Waals surface area contributed by atoms with E-state index in [0.29, 0.717) is 6.61 Å². The van der Waals surface area contributed by atoms with E-state index < -0.39 is 10.8 Å². The molecule has 2 aromatic carbocycles. The predicted molar refractivity (Wildman–Crippen MR) is 95.8 cm³/mol. The van der Waals surface area contributed by atoms with E-state index in [0.717, 1.165) is 18.4 Å². The molecular weight excluding hydrogens is 336 g/mol.